The predicted octanol–water partition coefficient (Wildman–Crippen LogP) is 3.44. The summed E-state index contributed by atoms with van der Waals surface area (Å²) in [6, 6.07) is 12.0. The van der Waals surface area contributed by atoms with Crippen molar-refractivity contribution in [2.45, 2.75) is 0 Å². The van der Waals surface area contributed by atoms with Crippen LogP contribution in [0.25, 0.3) is 0 Å². The number of hydrogen-bond acceptors (Lipinski definition) is 4. The highest BCUT2D eigenvalue weighted by Gasteiger charge is 2.06. The highest BCUT2D eigenvalue weighted by atomic mass is 79.9. The molecule has 0 saturated carbocycles. The number of carbonyl (C=O) groups excluding carboxylic acids is 1. The van der Waals surface area contributed by atoms with Crippen molar-refractivity contribution in [3.8, 4) is 5.75 Å². The molecule has 2 aromatic carbocycles. The lowest BCUT2D eigenvalue weighted by molar-refractivity contribution is -0.139. The van der Waals surface area contributed by atoms with Crippen molar-refractivity contribution in [3.05, 3.63) is 62.5 Å². The zero-order valence-corrected chi connectivity index (χ0v) is 15.4. The van der Waals surface area contributed by atoms with Crippen LogP contribution in [0.4, 0.5) is 0 Å². The number of carboxylic acid groups (broad SMARTS) is 1. The number of carbonyl (C=O) groups is 2. The summed E-state index contributed by atoms with van der Waals surface area (Å²) in [7, 11) is 0. The summed E-state index contributed by atoms with van der Waals surface area (Å²) >= 11 is 6.59. The molecule has 0 aliphatic heterocycles. The molecule has 0 aliphatic rings. The minimum absolute atomic E-state index is 0.326. The van der Waals surface area contributed by atoms with Crippen molar-refractivity contribution < 1.29 is 19.4 Å². The van der Waals surface area contributed by atoms with E-state index in [1.54, 1.807) is 36.4 Å². The Morgan fingerprint density at radius 3 is 2.67 bits per heavy atom. The quantitative estimate of drug-likeness (QED) is 0.515. The Balaban J connectivity index is 1.98. The molecule has 0 atom stereocenters. The highest BCUT2D eigenvalue weighted by Crippen LogP contribution is 2.25. The Morgan fingerprint density at radius 1 is 1.21 bits per heavy atom. The van der Waals surface area contributed by atoms with Crippen molar-refractivity contribution in [2.24, 2.45) is 5.10 Å². The Bertz CT molecular complexity index is 793. The van der Waals surface area contributed by atoms with Crippen LogP contribution in [0.2, 0.25) is 0 Å². The summed E-state index contributed by atoms with van der Waals surface area (Å²) in [5.41, 5.74) is 3.63. The van der Waals surface area contributed by atoms with Gasteiger partial charge in [0.05, 0.1) is 10.7 Å². The minimum atomic E-state index is -1.05. The fourth-order valence-electron chi connectivity index (χ4n) is 1.71. The average molecular weight is 456 g/mol. The van der Waals surface area contributed by atoms with Gasteiger partial charge in [0.25, 0.3) is 5.91 Å². The van der Waals surface area contributed by atoms with Gasteiger partial charge in [-0.2, -0.15) is 5.10 Å². The third-order valence-electron chi connectivity index (χ3n) is 2.77. The van der Waals surface area contributed by atoms with E-state index in [-0.39, 0.29) is 5.91 Å². The topological polar surface area (TPSA) is 88.0 Å². The van der Waals surface area contributed by atoms with Gasteiger partial charge in [0, 0.05) is 10.0 Å². The Labute approximate surface area is 154 Å². The molecule has 1 amide bonds. The molecule has 6 nitrogen and oxygen atoms in total. The van der Waals surface area contributed by atoms with Crippen LogP contribution in [0, 0.1) is 0 Å². The summed E-state index contributed by atoms with van der Waals surface area (Å²) in [5, 5.41) is 12.5. The molecule has 0 fully saturated rings. The van der Waals surface area contributed by atoms with E-state index in [2.05, 4.69) is 42.4 Å². The van der Waals surface area contributed by atoms with Gasteiger partial charge in [0.2, 0.25) is 0 Å². The van der Waals surface area contributed by atoms with Crippen LogP contribution in [-0.4, -0.2) is 29.8 Å². The number of nitrogens with one attached hydrogen (secondary N) is 1. The summed E-state index contributed by atoms with van der Waals surface area (Å²) in [4.78, 5) is 22.4. The number of ether oxygens (including phenoxy) is 1. The highest BCUT2D eigenvalue weighted by molar-refractivity contribution is 9.10. The number of aliphatic carboxylic acids is 1. The van der Waals surface area contributed by atoms with Crippen LogP contribution in [-0.2, 0) is 4.79 Å². The van der Waals surface area contributed by atoms with Crippen molar-refractivity contribution in [3.63, 3.8) is 0 Å². The number of hydrogen-bond donors (Lipinski definition) is 2. The van der Waals surface area contributed by atoms with Crippen molar-refractivity contribution >= 4 is 50.0 Å². The normalized spacial score (nSPS) is 10.6. The second-order valence-electron chi connectivity index (χ2n) is 4.58. The largest absolute Gasteiger partial charge is 0.481 e. The minimum Gasteiger partial charge on any atom is -0.481 e. The third kappa shape index (κ3) is 5.47. The molecular formula is C16H12Br2N2O4. The Hall–Kier alpha value is -2.19. The molecule has 0 aromatic heterocycles. The molecule has 2 rings (SSSR count). The molecule has 0 spiro atoms. The number of rotatable bonds is 6. The monoisotopic (exact) mass is 454 g/mol. The zero-order chi connectivity index (χ0) is 17.5. The first-order valence-electron chi connectivity index (χ1n) is 6.69. The summed E-state index contributed by atoms with van der Waals surface area (Å²) < 4.78 is 6.49. The lowest BCUT2D eigenvalue weighted by Crippen LogP contribution is -2.17. The first-order valence-corrected chi connectivity index (χ1v) is 8.27. The maximum absolute atomic E-state index is 11.9. The van der Waals surface area contributed by atoms with Crippen LogP contribution in [0.15, 0.2) is 56.5 Å². The van der Waals surface area contributed by atoms with Gasteiger partial charge < -0.3 is 9.84 Å². The first kappa shape index (κ1) is 18.2. The van der Waals surface area contributed by atoms with Gasteiger partial charge in [-0.25, -0.2) is 10.2 Å². The van der Waals surface area contributed by atoms with E-state index >= 15 is 0 Å². The lowest BCUT2D eigenvalue weighted by Gasteiger charge is -2.06. The molecule has 2 N–H and O–H groups in total. The number of halogens is 2. The molecule has 0 bridgehead atoms. The van der Waals surface area contributed by atoms with Crippen LogP contribution in [0.1, 0.15) is 15.9 Å². The molecule has 0 saturated heterocycles. The predicted molar refractivity (Wildman–Crippen MR) is 96.5 cm³/mol. The molecule has 2 aromatic rings. The molecule has 0 aliphatic carbocycles. The third-order valence-corrected chi connectivity index (χ3v) is 3.89. The van der Waals surface area contributed by atoms with Crippen LogP contribution >= 0.6 is 31.9 Å². The van der Waals surface area contributed by atoms with Crippen molar-refractivity contribution in [1.29, 1.82) is 0 Å². The molecular weight excluding hydrogens is 444 g/mol. The first-order chi connectivity index (χ1) is 11.5. The lowest BCUT2D eigenvalue weighted by atomic mass is 10.2. The maximum atomic E-state index is 11.9. The van der Waals surface area contributed by atoms with Crippen molar-refractivity contribution in [1.82, 2.24) is 5.43 Å². The van der Waals surface area contributed by atoms with Gasteiger partial charge in [-0.05, 0) is 57.9 Å². The van der Waals surface area contributed by atoms with Crippen LogP contribution in [0.5, 0.6) is 5.75 Å². The molecule has 24 heavy (non-hydrogen) atoms. The number of carboxylic acids is 1. The molecule has 0 radical (unpaired) electrons. The Morgan fingerprint density at radius 2 is 2.00 bits per heavy atom. The van der Waals surface area contributed by atoms with Gasteiger partial charge in [-0.15, -0.1) is 0 Å². The summed E-state index contributed by atoms with van der Waals surface area (Å²) in [5.74, 6) is -0.969. The van der Waals surface area contributed by atoms with Gasteiger partial charge in [-0.1, -0.05) is 22.0 Å². The van der Waals surface area contributed by atoms with E-state index in [1.807, 2.05) is 6.07 Å². The van der Waals surface area contributed by atoms with Crippen LogP contribution < -0.4 is 10.2 Å². The zero-order valence-electron chi connectivity index (χ0n) is 12.2. The molecule has 124 valence electrons. The maximum Gasteiger partial charge on any atom is 0.341 e. The van der Waals surface area contributed by atoms with E-state index in [9.17, 15) is 9.59 Å². The molecule has 0 unspecified atom stereocenters. The number of amides is 1. The molecule has 8 heteroatoms. The van der Waals surface area contributed by atoms with Gasteiger partial charge in [0.1, 0.15) is 5.75 Å². The standard InChI is InChI=1S/C16H12Br2N2O4/c17-12-3-1-2-11(7-12)16(23)20-19-8-10-4-5-14(13(18)6-10)24-9-15(21)22/h1-8H,9H2,(H,20,23)(H,21,22)/b19-8-. The second kappa shape index (κ2) is 8.60. The molecule has 0 heterocycles. The van der Waals surface area contributed by atoms with Crippen molar-refractivity contribution in [2.75, 3.05) is 6.61 Å². The summed E-state index contributed by atoms with van der Waals surface area (Å²) in [6.45, 7) is -0.422. The van der Waals surface area contributed by atoms with E-state index in [0.29, 0.717) is 21.3 Å². The fourth-order valence-corrected chi connectivity index (χ4v) is 2.62. The van der Waals surface area contributed by atoms with E-state index in [4.69, 9.17) is 9.84 Å². The number of hydrazone groups is 1. The van der Waals surface area contributed by atoms with Gasteiger partial charge in [0.15, 0.2) is 6.61 Å². The van der Waals surface area contributed by atoms with Gasteiger partial charge >= 0.3 is 5.97 Å². The second-order valence-corrected chi connectivity index (χ2v) is 6.35. The van der Waals surface area contributed by atoms with E-state index in [0.717, 1.165) is 4.47 Å². The smallest absolute Gasteiger partial charge is 0.341 e. The van der Waals surface area contributed by atoms with Crippen LogP contribution in [0.3, 0.4) is 0 Å². The van der Waals surface area contributed by atoms with E-state index < -0.39 is 12.6 Å². The Kier molecular flexibility index (Phi) is 6.51. The fraction of sp³-hybridized carbons (Fsp3) is 0.0625. The number of nitrogens with zero attached hydrogens (tertiary/aromatic N) is 1. The average Bonchev–Trinajstić information content (AvgIpc) is 2.53. The van der Waals surface area contributed by atoms with E-state index in [1.165, 1.54) is 6.21 Å². The van der Waals surface area contributed by atoms with Gasteiger partial charge in [-0.3, -0.25) is 4.79 Å². The SMILES string of the molecule is O=C(O)COc1ccc(/C=N\NC(=O)c2cccc(Br)c2)cc1Br. The summed E-state index contributed by atoms with van der Waals surface area (Å²) in [6.07, 6.45) is 1.47. The number of benzene rings is 2.